The molecule has 0 unspecified atom stereocenters. The van der Waals surface area contributed by atoms with Crippen molar-refractivity contribution in [3.63, 3.8) is 0 Å². The van der Waals surface area contributed by atoms with Crippen LogP contribution < -0.4 is 0 Å². The molecule has 2 heterocycles. The Morgan fingerprint density at radius 1 is 1.12 bits per heavy atom. The van der Waals surface area contributed by atoms with Crippen LogP contribution in [-0.2, 0) is 4.74 Å². The summed E-state index contributed by atoms with van der Waals surface area (Å²) in [5, 5.41) is 15.6. The Morgan fingerprint density at radius 3 is 2.72 bits per heavy atom. The number of rotatable bonds is 1. The normalized spacial score (nSPS) is 56.8. The lowest BCUT2D eigenvalue weighted by Gasteiger charge is -2.58. The van der Waals surface area contributed by atoms with Gasteiger partial charge in [-0.25, -0.2) is 5.01 Å². The first-order valence-electron chi connectivity index (χ1n) is 13.4. The molecule has 1 N–H and O–H groups in total. The van der Waals surface area contributed by atoms with Gasteiger partial charge in [0, 0.05) is 12.5 Å². The smallest absolute Gasteiger partial charge is 0.162 e. The van der Waals surface area contributed by atoms with E-state index in [-0.39, 0.29) is 17.6 Å². The fourth-order valence-corrected chi connectivity index (χ4v) is 10.1. The number of aliphatic hydroxyl groups is 1. The number of nitroso groups, excluding NO2 is 1. The number of fused-ring (bicyclic) bond motifs is 7. The van der Waals surface area contributed by atoms with E-state index in [4.69, 9.17) is 4.74 Å². The Balaban J connectivity index is 1.30. The highest BCUT2D eigenvalue weighted by atomic mass is 16.5. The fraction of sp³-hybridized carbons (Fsp3) is 0.926. The summed E-state index contributed by atoms with van der Waals surface area (Å²) in [5.41, 5.74) is 1.65. The second-order valence-electron chi connectivity index (χ2n) is 13.1. The first-order valence-corrected chi connectivity index (χ1v) is 13.4. The number of nitrogens with zero attached hydrogens (tertiary/aromatic N) is 2. The molecule has 0 amide bonds. The van der Waals surface area contributed by atoms with Crippen LogP contribution in [0.4, 0.5) is 0 Å². The van der Waals surface area contributed by atoms with Gasteiger partial charge in [-0.05, 0) is 98.2 Å². The van der Waals surface area contributed by atoms with E-state index in [1.165, 1.54) is 19.3 Å². The summed E-state index contributed by atoms with van der Waals surface area (Å²) in [5.74, 6) is 3.57. The highest BCUT2D eigenvalue weighted by Gasteiger charge is 2.69. The van der Waals surface area contributed by atoms with Crippen LogP contribution in [0.1, 0.15) is 85.5 Å². The van der Waals surface area contributed by atoms with Gasteiger partial charge in [0.1, 0.15) is 0 Å². The molecule has 0 aromatic heterocycles. The van der Waals surface area contributed by atoms with Gasteiger partial charge < -0.3 is 9.84 Å². The Bertz CT molecular complexity index is 830. The van der Waals surface area contributed by atoms with Crippen molar-refractivity contribution in [1.82, 2.24) is 5.01 Å². The molecule has 2 aliphatic heterocycles. The van der Waals surface area contributed by atoms with Crippen LogP contribution in [0.2, 0.25) is 0 Å². The number of hydrogen-bond donors (Lipinski definition) is 1. The first-order chi connectivity index (χ1) is 15.2. The van der Waals surface area contributed by atoms with Crippen LogP contribution in [0.25, 0.3) is 0 Å². The SMILES string of the molecule is C[C@@H]1CC[C@]2(O[C@H]3C[C@H]4[C@@H]5CC=C6C[C@@H](O)CC[C@]6(C)[C@H]5CC[C@]4(C)[C@H]3[C@@H]2C)N(N=O)C1. The minimum atomic E-state index is -0.473. The third-order valence-electron chi connectivity index (χ3n) is 11.8. The number of piperidine rings is 1. The van der Waals surface area contributed by atoms with Crippen LogP contribution in [0.15, 0.2) is 16.9 Å². The third kappa shape index (κ3) is 2.64. The van der Waals surface area contributed by atoms with Crippen molar-refractivity contribution in [2.45, 2.75) is 103 Å². The number of allylic oxidation sites excluding steroid dienone is 1. The predicted octanol–water partition coefficient (Wildman–Crippen LogP) is 5.68. The highest BCUT2D eigenvalue weighted by molar-refractivity contribution is 5.26. The van der Waals surface area contributed by atoms with E-state index in [1.807, 2.05) is 0 Å². The standard InChI is InChI=1S/C27H42N2O3/c1-16-7-12-27(29(15-16)28-31)17(2)24-23(32-27)14-22-20-6-5-18-13-19(30)8-10-25(18,3)21(20)9-11-26(22,24)4/h5,16-17,19-24,30H,6-15H2,1-4H3/t16-,17+,19+,20-,21+,22+,23+,24+,25+,26+,27-/m1/s1. The quantitative estimate of drug-likeness (QED) is 0.419. The zero-order chi connectivity index (χ0) is 22.5. The molecule has 3 saturated carbocycles. The molecule has 5 heteroatoms. The lowest BCUT2D eigenvalue weighted by molar-refractivity contribution is -0.196. The van der Waals surface area contributed by atoms with Gasteiger partial charge in [-0.2, -0.15) is 0 Å². The van der Waals surface area contributed by atoms with Gasteiger partial charge in [-0.15, -0.1) is 4.91 Å². The summed E-state index contributed by atoms with van der Waals surface area (Å²) >= 11 is 0. The van der Waals surface area contributed by atoms with Gasteiger partial charge in [0.2, 0.25) is 0 Å². The van der Waals surface area contributed by atoms with E-state index in [9.17, 15) is 10.0 Å². The summed E-state index contributed by atoms with van der Waals surface area (Å²) in [6.07, 6.45) is 12.6. The van der Waals surface area contributed by atoms with Gasteiger partial charge in [-0.1, -0.05) is 39.3 Å². The molecule has 0 bridgehead atoms. The third-order valence-corrected chi connectivity index (χ3v) is 11.8. The lowest BCUT2D eigenvalue weighted by atomic mass is 9.47. The summed E-state index contributed by atoms with van der Waals surface area (Å²) in [7, 11) is 0. The average molecular weight is 443 g/mol. The zero-order valence-corrected chi connectivity index (χ0v) is 20.4. The number of hydrogen-bond acceptors (Lipinski definition) is 4. The van der Waals surface area contributed by atoms with Crippen LogP contribution in [0, 0.1) is 51.2 Å². The summed E-state index contributed by atoms with van der Waals surface area (Å²) < 4.78 is 6.94. The molecule has 0 aromatic rings. The first kappa shape index (κ1) is 21.6. The van der Waals surface area contributed by atoms with E-state index in [1.54, 1.807) is 10.6 Å². The zero-order valence-electron chi connectivity index (χ0n) is 20.4. The molecule has 4 aliphatic carbocycles. The van der Waals surface area contributed by atoms with Crippen LogP contribution in [0.3, 0.4) is 0 Å². The Kier molecular flexibility index (Phi) is 4.75. The summed E-state index contributed by atoms with van der Waals surface area (Å²) in [6, 6.07) is 0. The molecule has 6 aliphatic rings. The summed E-state index contributed by atoms with van der Waals surface area (Å²) in [6.45, 7) is 10.4. The van der Waals surface area contributed by atoms with Gasteiger partial charge in [0.05, 0.1) is 17.5 Å². The Hall–Kier alpha value is -0.940. The van der Waals surface area contributed by atoms with Gasteiger partial charge in [0.15, 0.2) is 5.72 Å². The van der Waals surface area contributed by atoms with Crippen molar-refractivity contribution in [2.24, 2.45) is 51.6 Å². The van der Waals surface area contributed by atoms with E-state index in [0.29, 0.717) is 29.1 Å². The molecule has 6 rings (SSSR count). The maximum Gasteiger partial charge on any atom is 0.162 e. The van der Waals surface area contributed by atoms with Crippen LogP contribution >= 0.6 is 0 Å². The van der Waals surface area contributed by atoms with Crippen molar-refractivity contribution in [2.75, 3.05) is 6.54 Å². The second kappa shape index (κ2) is 7.04. The van der Waals surface area contributed by atoms with Crippen LogP contribution in [-0.4, -0.2) is 34.6 Å². The fourth-order valence-electron chi connectivity index (χ4n) is 10.1. The van der Waals surface area contributed by atoms with Gasteiger partial charge in [0.25, 0.3) is 0 Å². The maximum absolute atomic E-state index is 11.8. The molecular weight excluding hydrogens is 400 g/mol. The minimum absolute atomic E-state index is 0.136. The molecule has 5 fully saturated rings. The van der Waals surface area contributed by atoms with Crippen LogP contribution in [0.5, 0.6) is 0 Å². The van der Waals surface area contributed by atoms with Crippen molar-refractivity contribution in [3.8, 4) is 0 Å². The molecular formula is C27H42N2O3. The van der Waals surface area contributed by atoms with E-state index < -0.39 is 5.72 Å². The molecule has 11 atom stereocenters. The molecule has 1 spiro atoms. The van der Waals surface area contributed by atoms with Crippen molar-refractivity contribution >= 4 is 0 Å². The molecule has 178 valence electrons. The maximum atomic E-state index is 11.8. The molecule has 0 radical (unpaired) electrons. The van der Waals surface area contributed by atoms with Crippen molar-refractivity contribution in [1.29, 1.82) is 0 Å². The second-order valence-corrected chi connectivity index (χ2v) is 13.1. The number of aliphatic hydroxyl groups excluding tert-OH is 1. The summed E-state index contributed by atoms with van der Waals surface area (Å²) in [4.78, 5) is 11.8. The number of ether oxygens (including phenoxy) is 1. The largest absolute Gasteiger partial charge is 0.393 e. The van der Waals surface area contributed by atoms with E-state index in [0.717, 1.165) is 56.9 Å². The molecule has 0 aromatic carbocycles. The highest BCUT2D eigenvalue weighted by Crippen LogP contribution is 2.70. The van der Waals surface area contributed by atoms with Gasteiger partial charge in [-0.3, -0.25) is 0 Å². The van der Waals surface area contributed by atoms with Gasteiger partial charge >= 0.3 is 0 Å². The Labute approximate surface area is 193 Å². The monoisotopic (exact) mass is 442 g/mol. The Morgan fingerprint density at radius 2 is 1.94 bits per heavy atom. The minimum Gasteiger partial charge on any atom is -0.393 e. The molecule has 2 saturated heterocycles. The average Bonchev–Trinajstić information content (AvgIpc) is 3.21. The lowest BCUT2D eigenvalue weighted by Crippen LogP contribution is -2.57. The van der Waals surface area contributed by atoms with Crippen molar-refractivity contribution in [3.05, 3.63) is 16.6 Å². The van der Waals surface area contributed by atoms with E-state index >= 15 is 0 Å². The van der Waals surface area contributed by atoms with Crippen molar-refractivity contribution < 1.29 is 9.84 Å². The molecule has 5 nitrogen and oxygen atoms in total. The predicted molar refractivity (Wildman–Crippen MR) is 124 cm³/mol. The van der Waals surface area contributed by atoms with E-state index in [2.05, 4.69) is 39.1 Å². The molecule has 32 heavy (non-hydrogen) atoms. The topological polar surface area (TPSA) is 62.1 Å².